The standard InChI is InChI=1S/C18H19NO5/c1-3-23-15-7-9-16(10-8-15)24-12-17(20)19-14-6-4-5-13(11-14)18(21)22-2/h4-11H,3,12H2,1-2H3,(H,19,20). The Morgan fingerprint density at radius 3 is 2.29 bits per heavy atom. The van der Waals surface area contributed by atoms with Crippen LogP contribution in [0.2, 0.25) is 0 Å². The van der Waals surface area contributed by atoms with Gasteiger partial charge in [-0.1, -0.05) is 6.07 Å². The van der Waals surface area contributed by atoms with Gasteiger partial charge < -0.3 is 19.5 Å². The minimum atomic E-state index is -0.461. The zero-order valence-corrected chi connectivity index (χ0v) is 13.6. The Hall–Kier alpha value is -3.02. The SMILES string of the molecule is CCOc1ccc(OCC(=O)Nc2cccc(C(=O)OC)c2)cc1. The summed E-state index contributed by atoms with van der Waals surface area (Å²) in [5.41, 5.74) is 0.862. The summed E-state index contributed by atoms with van der Waals surface area (Å²) in [6, 6.07) is 13.5. The summed E-state index contributed by atoms with van der Waals surface area (Å²) in [5, 5.41) is 2.67. The van der Waals surface area contributed by atoms with Gasteiger partial charge in [0.05, 0.1) is 19.3 Å². The van der Waals surface area contributed by atoms with Crippen molar-refractivity contribution in [2.75, 3.05) is 25.6 Å². The molecule has 6 heteroatoms. The van der Waals surface area contributed by atoms with E-state index in [-0.39, 0.29) is 12.5 Å². The molecule has 2 aromatic carbocycles. The van der Waals surface area contributed by atoms with Crippen molar-refractivity contribution < 1.29 is 23.8 Å². The number of esters is 1. The first-order valence-electron chi connectivity index (χ1n) is 7.46. The molecular formula is C18H19NO5. The minimum absolute atomic E-state index is 0.142. The van der Waals surface area contributed by atoms with Crippen molar-refractivity contribution in [1.82, 2.24) is 0 Å². The lowest BCUT2D eigenvalue weighted by Crippen LogP contribution is -2.20. The van der Waals surface area contributed by atoms with E-state index in [4.69, 9.17) is 9.47 Å². The Morgan fingerprint density at radius 2 is 1.67 bits per heavy atom. The number of benzene rings is 2. The predicted octanol–water partition coefficient (Wildman–Crippen LogP) is 2.89. The number of carbonyl (C=O) groups is 2. The van der Waals surface area contributed by atoms with Crippen LogP contribution < -0.4 is 14.8 Å². The van der Waals surface area contributed by atoms with E-state index in [1.807, 2.05) is 6.92 Å². The highest BCUT2D eigenvalue weighted by molar-refractivity contribution is 5.95. The Kier molecular flexibility index (Phi) is 6.19. The van der Waals surface area contributed by atoms with E-state index in [2.05, 4.69) is 10.1 Å². The number of amides is 1. The van der Waals surface area contributed by atoms with Crippen LogP contribution in [0.4, 0.5) is 5.69 Å². The summed E-state index contributed by atoms with van der Waals surface area (Å²) in [6.45, 7) is 2.35. The number of anilines is 1. The highest BCUT2D eigenvalue weighted by atomic mass is 16.5. The summed E-state index contributed by atoms with van der Waals surface area (Å²) in [5.74, 6) is 0.522. The first-order chi connectivity index (χ1) is 11.6. The van der Waals surface area contributed by atoms with Gasteiger partial charge in [0.2, 0.25) is 0 Å². The average molecular weight is 329 g/mol. The van der Waals surface area contributed by atoms with Crippen LogP contribution in [0.1, 0.15) is 17.3 Å². The van der Waals surface area contributed by atoms with Gasteiger partial charge in [-0.25, -0.2) is 4.79 Å². The van der Waals surface area contributed by atoms with Gasteiger partial charge in [-0.05, 0) is 49.4 Å². The molecule has 0 aliphatic rings. The molecule has 0 fully saturated rings. The Bertz CT molecular complexity index is 697. The van der Waals surface area contributed by atoms with Crippen LogP contribution in [0.15, 0.2) is 48.5 Å². The fraction of sp³-hybridized carbons (Fsp3) is 0.222. The van der Waals surface area contributed by atoms with Crippen LogP contribution in [0.25, 0.3) is 0 Å². The third-order valence-electron chi connectivity index (χ3n) is 3.07. The molecule has 0 unspecified atom stereocenters. The third kappa shape index (κ3) is 5.01. The van der Waals surface area contributed by atoms with Crippen LogP contribution in [0.5, 0.6) is 11.5 Å². The smallest absolute Gasteiger partial charge is 0.337 e. The summed E-state index contributed by atoms with van der Waals surface area (Å²) < 4.78 is 15.4. The number of nitrogens with one attached hydrogen (secondary N) is 1. The number of rotatable bonds is 7. The monoisotopic (exact) mass is 329 g/mol. The number of carbonyl (C=O) groups excluding carboxylic acids is 2. The van der Waals surface area contributed by atoms with Crippen molar-refractivity contribution in [2.45, 2.75) is 6.92 Å². The van der Waals surface area contributed by atoms with E-state index in [0.717, 1.165) is 5.75 Å². The molecular weight excluding hydrogens is 310 g/mol. The second kappa shape index (κ2) is 8.57. The van der Waals surface area contributed by atoms with E-state index in [9.17, 15) is 9.59 Å². The molecule has 24 heavy (non-hydrogen) atoms. The molecule has 0 spiro atoms. The van der Waals surface area contributed by atoms with E-state index in [1.165, 1.54) is 7.11 Å². The van der Waals surface area contributed by atoms with E-state index in [1.54, 1.807) is 48.5 Å². The van der Waals surface area contributed by atoms with Crippen LogP contribution >= 0.6 is 0 Å². The average Bonchev–Trinajstić information content (AvgIpc) is 2.61. The molecule has 0 heterocycles. The molecule has 0 radical (unpaired) electrons. The van der Waals surface area contributed by atoms with Gasteiger partial charge in [-0.3, -0.25) is 4.79 Å². The highest BCUT2D eigenvalue weighted by Gasteiger charge is 2.08. The van der Waals surface area contributed by atoms with Gasteiger partial charge in [0, 0.05) is 5.69 Å². The summed E-state index contributed by atoms with van der Waals surface area (Å²) in [4.78, 5) is 23.4. The normalized spacial score (nSPS) is 9.92. The van der Waals surface area contributed by atoms with Gasteiger partial charge in [-0.15, -0.1) is 0 Å². The molecule has 1 N–H and O–H groups in total. The Morgan fingerprint density at radius 1 is 1.00 bits per heavy atom. The lowest BCUT2D eigenvalue weighted by molar-refractivity contribution is -0.118. The number of ether oxygens (including phenoxy) is 3. The summed E-state index contributed by atoms with van der Waals surface area (Å²) in [7, 11) is 1.30. The largest absolute Gasteiger partial charge is 0.494 e. The summed E-state index contributed by atoms with van der Waals surface area (Å²) >= 11 is 0. The molecule has 1 amide bonds. The van der Waals surface area contributed by atoms with Gasteiger partial charge in [0.1, 0.15) is 11.5 Å². The van der Waals surface area contributed by atoms with Gasteiger partial charge in [0.15, 0.2) is 6.61 Å². The van der Waals surface area contributed by atoms with Gasteiger partial charge in [-0.2, -0.15) is 0 Å². The number of hydrogen-bond acceptors (Lipinski definition) is 5. The van der Waals surface area contributed by atoms with E-state index < -0.39 is 5.97 Å². The minimum Gasteiger partial charge on any atom is -0.494 e. The molecule has 0 aliphatic carbocycles. The van der Waals surface area contributed by atoms with Crippen molar-refractivity contribution in [3.05, 3.63) is 54.1 Å². The fourth-order valence-corrected chi connectivity index (χ4v) is 1.99. The first kappa shape index (κ1) is 17.3. The van der Waals surface area contributed by atoms with Gasteiger partial charge in [0.25, 0.3) is 5.91 Å². The maximum Gasteiger partial charge on any atom is 0.337 e. The number of hydrogen-bond donors (Lipinski definition) is 1. The van der Waals surface area contributed by atoms with Crippen molar-refractivity contribution in [3.63, 3.8) is 0 Å². The molecule has 0 aromatic heterocycles. The van der Waals surface area contributed by atoms with Crippen LogP contribution in [-0.2, 0) is 9.53 Å². The molecule has 0 saturated carbocycles. The molecule has 0 aliphatic heterocycles. The molecule has 6 nitrogen and oxygen atoms in total. The molecule has 0 atom stereocenters. The second-order valence-corrected chi connectivity index (χ2v) is 4.81. The number of methoxy groups -OCH3 is 1. The maximum absolute atomic E-state index is 11.9. The second-order valence-electron chi connectivity index (χ2n) is 4.81. The lowest BCUT2D eigenvalue weighted by atomic mass is 10.2. The zero-order chi connectivity index (χ0) is 17.4. The first-order valence-corrected chi connectivity index (χ1v) is 7.46. The predicted molar refractivity (Wildman–Crippen MR) is 89.5 cm³/mol. The Labute approximate surface area is 140 Å². The van der Waals surface area contributed by atoms with Crippen molar-refractivity contribution >= 4 is 17.6 Å². The molecule has 0 saturated heterocycles. The summed E-state index contributed by atoms with van der Waals surface area (Å²) in [6.07, 6.45) is 0. The quantitative estimate of drug-likeness (QED) is 0.791. The maximum atomic E-state index is 11.9. The van der Waals surface area contributed by atoms with E-state index >= 15 is 0 Å². The van der Waals surface area contributed by atoms with E-state index in [0.29, 0.717) is 23.6 Å². The highest BCUT2D eigenvalue weighted by Crippen LogP contribution is 2.17. The van der Waals surface area contributed by atoms with Crippen LogP contribution in [-0.4, -0.2) is 32.2 Å². The van der Waals surface area contributed by atoms with Crippen LogP contribution in [0, 0.1) is 0 Å². The van der Waals surface area contributed by atoms with Crippen LogP contribution in [0.3, 0.4) is 0 Å². The Balaban J connectivity index is 1.88. The third-order valence-corrected chi connectivity index (χ3v) is 3.07. The fourth-order valence-electron chi connectivity index (χ4n) is 1.99. The molecule has 126 valence electrons. The van der Waals surface area contributed by atoms with Crippen molar-refractivity contribution in [2.24, 2.45) is 0 Å². The lowest BCUT2D eigenvalue weighted by Gasteiger charge is -2.09. The zero-order valence-electron chi connectivity index (χ0n) is 13.6. The topological polar surface area (TPSA) is 73.9 Å². The molecule has 0 bridgehead atoms. The van der Waals surface area contributed by atoms with Crippen molar-refractivity contribution in [3.8, 4) is 11.5 Å². The van der Waals surface area contributed by atoms with Gasteiger partial charge >= 0.3 is 5.97 Å². The van der Waals surface area contributed by atoms with Crippen molar-refractivity contribution in [1.29, 1.82) is 0 Å². The molecule has 2 aromatic rings. The molecule has 2 rings (SSSR count).